The molecule has 0 saturated carbocycles. The zero-order valence-electron chi connectivity index (χ0n) is 6.79. The molecule has 0 unspecified atom stereocenters. The zero-order valence-corrected chi connectivity index (χ0v) is 8.30. The number of aliphatic hydroxyl groups is 2. The second-order valence-corrected chi connectivity index (χ2v) is 2.95. The molecule has 12 heavy (non-hydrogen) atoms. The monoisotopic (exact) mass is 218 g/mol. The van der Waals surface area contributed by atoms with Gasteiger partial charge in [0.1, 0.15) is 12.6 Å². The number of nitrogens with two attached hydrogens (primary N) is 1. The normalized spacial score (nSPS) is 34.8. The molecule has 0 spiro atoms. The predicted octanol–water partition coefficient (Wildman–Crippen LogP) is -9.85. The van der Waals surface area contributed by atoms with Crippen LogP contribution in [0.1, 0.15) is 0 Å². The van der Waals surface area contributed by atoms with Crippen molar-refractivity contribution in [1.29, 1.82) is 0 Å². The maximum absolute atomic E-state index is 9.39. The van der Waals surface area contributed by atoms with E-state index in [-0.39, 0.29) is 43.4 Å². The summed E-state index contributed by atoms with van der Waals surface area (Å²) in [5.74, 6) is 0.0243. The summed E-state index contributed by atoms with van der Waals surface area (Å²) in [6.07, 6.45) is -0.407. The number of quaternary nitrogens is 2. The summed E-state index contributed by atoms with van der Waals surface area (Å²) in [5.41, 5.74) is 3.78. The van der Waals surface area contributed by atoms with Crippen LogP contribution in [0.15, 0.2) is 0 Å². The number of hydrogen-bond acceptors (Lipinski definition) is 2. The minimum Gasteiger partial charge on any atom is -1.00 e. The van der Waals surface area contributed by atoms with Gasteiger partial charge >= 0.3 is 0 Å². The van der Waals surface area contributed by atoms with Crippen molar-refractivity contribution in [3.63, 3.8) is 0 Å². The molecule has 76 valence electrons. The number of halogens is 2. The summed E-state index contributed by atoms with van der Waals surface area (Å²) in [6, 6.07) is 0.0749. The minimum absolute atomic E-state index is 0. The van der Waals surface area contributed by atoms with Crippen LogP contribution >= 0.6 is 0 Å². The van der Waals surface area contributed by atoms with Crippen LogP contribution in [0.5, 0.6) is 0 Å². The minimum atomic E-state index is -0.407. The van der Waals surface area contributed by atoms with Gasteiger partial charge in [0.05, 0.1) is 19.1 Å². The quantitative estimate of drug-likeness (QED) is 0.353. The molecule has 7 N–H and O–H groups in total. The lowest BCUT2D eigenvalue weighted by Gasteiger charge is -2.26. The van der Waals surface area contributed by atoms with Crippen LogP contribution in [0.3, 0.4) is 0 Å². The average molecular weight is 219 g/mol. The van der Waals surface area contributed by atoms with Gasteiger partial charge in [0.25, 0.3) is 0 Å². The van der Waals surface area contributed by atoms with Crippen molar-refractivity contribution in [2.24, 2.45) is 5.92 Å². The molecule has 0 aromatic rings. The Labute approximate surface area is 84.3 Å². The molecule has 1 rings (SSSR count). The first-order valence-corrected chi connectivity index (χ1v) is 3.69. The van der Waals surface area contributed by atoms with E-state index in [9.17, 15) is 5.11 Å². The topological polar surface area (TPSA) is 84.7 Å². The molecular formula is C6H16Cl2N2O2. The molecule has 1 fully saturated rings. The predicted molar refractivity (Wildman–Crippen MR) is 34.9 cm³/mol. The Morgan fingerprint density at radius 1 is 1.33 bits per heavy atom. The third-order valence-electron chi connectivity index (χ3n) is 2.14. The highest BCUT2D eigenvalue weighted by atomic mass is 35.5. The molecule has 1 aliphatic heterocycles. The largest absolute Gasteiger partial charge is 1.00 e. The Bertz CT molecular complexity index is 118. The summed E-state index contributed by atoms with van der Waals surface area (Å²) < 4.78 is 0. The van der Waals surface area contributed by atoms with Crippen LogP contribution in [-0.2, 0) is 0 Å². The van der Waals surface area contributed by atoms with E-state index >= 15 is 0 Å². The van der Waals surface area contributed by atoms with E-state index in [0.717, 1.165) is 13.1 Å². The van der Waals surface area contributed by atoms with Crippen LogP contribution in [0.2, 0.25) is 0 Å². The van der Waals surface area contributed by atoms with Gasteiger partial charge in [-0.1, -0.05) is 0 Å². The van der Waals surface area contributed by atoms with Gasteiger partial charge in [-0.05, 0) is 0 Å². The highest BCUT2D eigenvalue weighted by molar-refractivity contribution is 4.75. The number of aliphatic hydroxyl groups excluding tert-OH is 2. The van der Waals surface area contributed by atoms with Gasteiger partial charge in [-0.2, -0.15) is 0 Å². The van der Waals surface area contributed by atoms with E-state index in [1.165, 1.54) is 0 Å². The van der Waals surface area contributed by atoms with Gasteiger partial charge in [0.15, 0.2) is 6.04 Å². The highest BCUT2D eigenvalue weighted by Crippen LogP contribution is 2.04. The van der Waals surface area contributed by atoms with Crippen molar-refractivity contribution in [2.75, 3.05) is 19.7 Å². The molecule has 4 nitrogen and oxygen atoms in total. The number of rotatable bonds is 1. The SMILES string of the molecule is [Cl-].[Cl-].[NH3+][C@H]1C[NH2+]C[C@H](CO)[C@H]1O. The average Bonchev–Trinajstić information content (AvgIpc) is 1.95. The Balaban J connectivity index is 0. The fourth-order valence-corrected chi connectivity index (χ4v) is 1.37. The smallest absolute Gasteiger partial charge is 0.160 e. The second-order valence-electron chi connectivity index (χ2n) is 2.95. The zero-order chi connectivity index (χ0) is 7.56. The van der Waals surface area contributed by atoms with Crippen molar-refractivity contribution in [3.8, 4) is 0 Å². The maximum atomic E-state index is 9.39. The molecule has 0 aliphatic carbocycles. The Morgan fingerprint density at radius 3 is 2.33 bits per heavy atom. The summed E-state index contributed by atoms with van der Waals surface area (Å²) in [4.78, 5) is 0. The molecule has 0 radical (unpaired) electrons. The number of hydrogen-bond donors (Lipinski definition) is 4. The molecule has 0 aromatic heterocycles. The van der Waals surface area contributed by atoms with Gasteiger partial charge in [-0.15, -0.1) is 0 Å². The maximum Gasteiger partial charge on any atom is 0.160 e. The van der Waals surface area contributed by atoms with E-state index in [1.807, 2.05) is 0 Å². The third kappa shape index (κ3) is 3.43. The second kappa shape index (κ2) is 6.88. The summed E-state index contributed by atoms with van der Waals surface area (Å²) >= 11 is 0. The molecule has 1 heterocycles. The molecule has 0 bridgehead atoms. The van der Waals surface area contributed by atoms with E-state index in [0.29, 0.717) is 0 Å². The first-order chi connectivity index (χ1) is 4.75. The Kier molecular flexibility index (Phi) is 8.56. The molecule has 1 aliphatic rings. The summed E-state index contributed by atoms with van der Waals surface area (Å²) in [7, 11) is 0. The Morgan fingerprint density at radius 2 is 1.92 bits per heavy atom. The van der Waals surface area contributed by atoms with Gasteiger partial charge in [-0.25, -0.2) is 0 Å². The van der Waals surface area contributed by atoms with E-state index < -0.39 is 6.10 Å². The Hall–Kier alpha value is 0.420. The van der Waals surface area contributed by atoms with Crippen molar-refractivity contribution in [1.82, 2.24) is 0 Å². The molecule has 1 saturated heterocycles. The third-order valence-corrected chi connectivity index (χ3v) is 2.14. The van der Waals surface area contributed by atoms with Gasteiger partial charge in [0, 0.05) is 0 Å². The highest BCUT2D eigenvalue weighted by Gasteiger charge is 2.33. The lowest BCUT2D eigenvalue weighted by Crippen LogP contribution is -3.00. The summed E-state index contributed by atoms with van der Waals surface area (Å²) in [6.45, 7) is 1.77. The van der Waals surface area contributed by atoms with Crippen molar-refractivity contribution in [2.45, 2.75) is 12.1 Å². The first kappa shape index (κ1) is 14.9. The molecule has 3 atom stereocenters. The van der Waals surface area contributed by atoms with E-state index in [2.05, 4.69) is 11.1 Å². The van der Waals surface area contributed by atoms with Crippen molar-refractivity contribution >= 4 is 0 Å². The van der Waals surface area contributed by atoms with Crippen LogP contribution in [0.25, 0.3) is 0 Å². The lowest BCUT2D eigenvalue weighted by atomic mass is 9.94. The molecule has 6 heteroatoms. The molecule has 0 amide bonds. The van der Waals surface area contributed by atoms with Crippen LogP contribution in [-0.4, -0.2) is 42.1 Å². The molecular weight excluding hydrogens is 203 g/mol. The fraction of sp³-hybridized carbons (Fsp3) is 1.00. The fourth-order valence-electron chi connectivity index (χ4n) is 1.37. The first-order valence-electron chi connectivity index (χ1n) is 3.69. The van der Waals surface area contributed by atoms with Crippen molar-refractivity contribution in [3.05, 3.63) is 0 Å². The molecule has 0 aromatic carbocycles. The van der Waals surface area contributed by atoms with E-state index in [4.69, 9.17) is 5.11 Å². The van der Waals surface area contributed by atoms with Gasteiger partial charge < -0.3 is 46.1 Å². The van der Waals surface area contributed by atoms with Crippen LogP contribution < -0.4 is 35.9 Å². The van der Waals surface area contributed by atoms with Gasteiger partial charge in [0.2, 0.25) is 0 Å². The van der Waals surface area contributed by atoms with Crippen LogP contribution in [0.4, 0.5) is 0 Å². The van der Waals surface area contributed by atoms with Crippen molar-refractivity contribution < 1.29 is 46.1 Å². The standard InChI is InChI=1S/C6H14N2O2.2ClH/c7-5-2-8-1-4(3-9)6(5)10;;/h4-6,8-10H,1-3,7H2;2*1H/t4-,5+,6-;;/m1../s1. The van der Waals surface area contributed by atoms with Crippen LogP contribution in [0, 0.1) is 5.92 Å². The van der Waals surface area contributed by atoms with E-state index in [1.54, 1.807) is 0 Å². The summed E-state index contributed by atoms with van der Waals surface area (Å²) in [5, 5.41) is 20.3. The number of piperidine rings is 1. The van der Waals surface area contributed by atoms with Gasteiger partial charge in [-0.3, -0.25) is 0 Å². The lowest BCUT2D eigenvalue weighted by molar-refractivity contribution is -0.704.